The van der Waals surface area contributed by atoms with Crippen LogP contribution in [0, 0.1) is 0 Å². The molecule has 16 heavy (non-hydrogen) atoms. The Kier molecular flexibility index (Phi) is 4.08. The van der Waals surface area contributed by atoms with Gasteiger partial charge in [0.2, 0.25) is 0 Å². The van der Waals surface area contributed by atoms with Gasteiger partial charge in [0.15, 0.2) is 0 Å². The van der Waals surface area contributed by atoms with Crippen molar-refractivity contribution in [1.82, 2.24) is 0 Å². The summed E-state index contributed by atoms with van der Waals surface area (Å²) >= 11 is 2.31. The fourth-order valence-corrected chi connectivity index (χ4v) is 2.43. The monoisotopic (exact) mass is 247 g/mol. The lowest BCUT2D eigenvalue weighted by molar-refractivity contribution is 0.605. The smallest absolute Gasteiger partial charge is 0.121 e. The first-order chi connectivity index (χ1) is 7.88. The van der Waals surface area contributed by atoms with Crippen molar-refractivity contribution in [1.29, 1.82) is 0 Å². The molecule has 0 amide bonds. The molecule has 0 heterocycles. The Hall–Kier alpha value is -1.19. The lowest BCUT2D eigenvalue weighted by atomic mass is 10.2. The Morgan fingerprint density at radius 2 is 1.62 bits per heavy atom. The Morgan fingerprint density at radius 3 is 2.25 bits per heavy atom. The second kappa shape index (κ2) is 5.77. The first-order valence-corrected chi connectivity index (χ1v) is 6.68. The average Bonchev–Trinajstić information content (AvgIpc) is 2.38. The predicted octanol–water partition coefficient (Wildman–Crippen LogP) is 3.77. The van der Waals surface area contributed by atoms with E-state index in [0.29, 0.717) is 11.7 Å². The van der Waals surface area contributed by atoms with E-state index in [-0.39, 0.29) is 0 Å². The molecule has 0 bridgehead atoms. The molecule has 0 fully saturated rings. The van der Waals surface area contributed by atoms with Crippen molar-refractivity contribution < 1.29 is 4.21 Å². The zero-order chi connectivity index (χ0) is 11.2. The van der Waals surface area contributed by atoms with Crippen LogP contribution in [-0.2, 0) is 21.6 Å². The van der Waals surface area contributed by atoms with Gasteiger partial charge < -0.3 is 0 Å². The highest BCUT2D eigenvalue weighted by Crippen LogP contribution is 2.22. The molecule has 3 heteroatoms. The van der Waals surface area contributed by atoms with E-state index in [1.165, 1.54) is 10.5 Å². The van der Waals surface area contributed by atoms with Gasteiger partial charge in [-0.1, -0.05) is 30.3 Å². The minimum absolute atomic E-state index is 0.533. The summed E-state index contributed by atoms with van der Waals surface area (Å²) in [5.41, 5.74) is 1.31. The SMILES string of the molecule is O=[S+]c1ccc(SCc2ccccc2)cc1. The van der Waals surface area contributed by atoms with Gasteiger partial charge in [0.25, 0.3) is 4.90 Å². The number of thioether (sulfide) groups is 1. The van der Waals surface area contributed by atoms with Crippen LogP contribution in [0.4, 0.5) is 0 Å². The quantitative estimate of drug-likeness (QED) is 0.604. The van der Waals surface area contributed by atoms with E-state index >= 15 is 0 Å². The maximum Gasteiger partial charge on any atom is 0.505 e. The van der Waals surface area contributed by atoms with E-state index < -0.39 is 0 Å². The zero-order valence-corrected chi connectivity index (χ0v) is 10.3. The molecule has 0 unspecified atom stereocenters. The molecule has 0 spiro atoms. The molecule has 0 saturated heterocycles. The van der Waals surface area contributed by atoms with Gasteiger partial charge in [0.1, 0.15) is 0 Å². The van der Waals surface area contributed by atoms with E-state index in [9.17, 15) is 4.21 Å². The van der Waals surface area contributed by atoms with E-state index in [4.69, 9.17) is 0 Å². The second-order valence-electron chi connectivity index (χ2n) is 3.33. The third-order valence-electron chi connectivity index (χ3n) is 2.17. The molecule has 0 saturated carbocycles. The third kappa shape index (κ3) is 3.15. The van der Waals surface area contributed by atoms with Crippen LogP contribution in [0.5, 0.6) is 0 Å². The van der Waals surface area contributed by atoms with Gasteiger partial charge in [0.05, 0.1) is 0 Å². The third-order valence-corrected chi connectivity index (χ3v) is 3.72. The average molecular weight is 247 g/mol. The Bertz CT molecular complexity index is 451. The van der Waals surface area contributed by atoms with Gasteiger partial charge in [0, 0.05) is 27.0 Å². The van der Waals surface area contributed by atoms with Crippen LogP contribution in [0.25, 0.3) is 0 Å². The van der Waals surface area contributed by atoms with Gasteiger partial charge in [-0.3, -0.25) is 0 Å². The summed E-state index contributed by atoms with van der Waals surface area (Å²) < 4.78 is 10.5. The Labute approximate surface area is 103 Å². The summed E-state index contributed by atoms with van der Waals surface area (Å²) in [5, 5.41) is 0. The Balaban J connectivity index is 1.97. The van der Waals surface area contributed by atoms with Crippen molar-refractivity contribution in [2.45, 2.75) is 15.5 Å². The normalized spacial score (nSPS) is 10.0. The van der Waals surface area contributed by atoms with Crippen molar-refractivity contribution in [3.8, 4) is 0 Å². The van der Waals surface area contributed by atoms with Crippen LogP contribution in [-0.4, -0.2) is 0 Å². The molecule has 0 aliphatic carbocycles. The van der Waals surface area contributed by atoms with E-state index in [1.807, 2.05) is 42.5 Å². The molecule has 80 valence electrons. The topological polar surface area (TPSA) is 17.1 Å². The highest BCUT2D eigenvalue weighted by Gasteiger charge is 2.04. The summed E-state index contributed by atoms with van der Waals surface area (Å²) in [5.74, 6) is 0.963. The van der Waals surface area contributed by atoms with Crippen molar-refractivity contribution in [3.05, 3.63) is 60.2 Å². The number of benzene rings is 2. The first kappa shape index (κ1) is 11.3. The molecule has 2 aromatic carbocycles. The van der Waals surface area contributed by atoms with Crippen molar-refractivity contribution >= 4 is 23.4 Å². The van der Waals surface area contributed by atoms with Crippen LogP contribution >= 0.6 is 11.8 Å². The molecular weight excluding hydrogens is 236 g/mol. The van der Waals surface area contributed by atoms with Crippen LogP contribution in [0.1, 0.15) is 5.56 Å². The number of rotatable bonds is 4. The summed E-state index contributed by atoms with van der Waals surface area (Å²) in [6, 6.07) is 18.1. The van der Waals surface area contributed by atoms with Gasteiger partial charge >= 0.3 is 11.7 Å². The van der Waals surface area contributed by atoms with Crippen molar-refractivity contribution in [3.63, 3.8) is 0 Å². The van der Waals surface area contributed by atoms with Crippen LogP contribution in [0.3, 0.4) is 0 Å². The molecule has 0 radical (unpaired) electrons. The molecule has 0 aliphatic rings. The molecule has 1 nitrogen and oxygen atoms in total. The van der Waals surface area contributed by atoms with Crippen molar-refractivity contribution in [2.75, 3.05) is 0 Å². The van der Waals surface area contributed by atoms with E-state index in [1.54, 1.807) is 11.8 Å². The van der Waals surface area contributed by atoms with Gasteiger partial charge in [-0.25, -0.2) is 0 Å². The van der Waals surface area contributed by atoms with Crippen molar-refractivity contribution in [2.24, 2.45) is 0 Å². The number of hydrogen-bond acceptors (Lipinski definition) is 2. The fourth-order valence-electron chi connectivity index (χ4n) is 1.33. The molecule has 0 aliphatic heterocycles. The summed E-state index contributed by atoms with van der Waals surface area (Å²) in [6.07, 6.45) is 0. The minimum Gasteiger partial charge on any atom is -0.121 e. The fraction of sp³-hybridized carbons (Fsp3) is 0.0769. The maximum atomic E-state index is 10.5. The van der Waals surface area contributed by atoms with E-state index in [0.717, 1.165) is 10.6 Å². The van der Waals surface area contributed by atoms with E-state index in [2.05, 4.69) is 12.1 Å². The molecular formula is C13H11OS2+. The standard InChI is InChI=1S/C13H11OS2/c14-16-13-8-6-12(7-9-13)15-10-11-4-2-1-3-5-11/h1-9H,10H2/q+1. The first-order valence-electron chi connectivity index (χ1n) is 4.95. The summed E-state index contributed by atoms with van der Waals surface area (Å²) in [6.45, 7) is 0. The zero-order valence-electron chi connectivity index (χ0n) is 8.63. The van der Waals surface area contributed by atoms with Crippen LogP contribution < -0.4 is 0 Å². The molecule has 2 rings (SSSR count). The molecule has 0 atom stereocenters. The maximum absolute atomic E-state index is 10.5. The van der Waals surface area contributed by atoms with Gasteiger partial charge in [-0.15, -0.1) is 11.8 Å². The highest BCUT2D eigenvalue weighted by atomic mass is 32.2. The Morgan fingerprint density at radius 1 is 0.938 bits per heavy atom. The van der Waals surface area contributed by atoms with Crippen LogP contribution in [0.15, 0.2) is 64.4 Å². The highest BCUT2D eigenvalue weighted by molar-refractivity contribution is 7.98. The summed E-state index contributed by atoms with van der Waals surface area (Å²) in [4.78, 5) is 1.96. The van der Waals surface area contributed by atoms with Crippen LogP contribution in [0.2, 0.25) is 0 Å². The second-order valence-corrected chi connectivity index (χ2v) is 5.02. The lowest BCUT2D eigenvalue weighted by Gasteiger charge is -2.00. The predicted molar refractivity (Wildman–Crippen MR) is 68.8 cm³/mol. The van der Waals surface area contributed by atoms with Gasteiger partial charge in [-0.05, 0) is 17.7 Å². The molecule has 0 aromatic heterocycles. The minimum atomic E-state index is 0.533. The molecule has 0 N–H and O–H groups in total. The molecule has 2 aromatic rings. The lowest BCUT2D eigenvalue weighted by Crippen LogP contribution is -1.79. The number of hydrogen-bond donors (Lipinski definition) is 0. The largest absolute Gasteiger partial charge is 0.505 e. The van der Waals surface area contributed by atoms with Gasteiger partial charge in [-0.2, -0.15) is 0 Å². The summed E-state index contributed by atoms with van der Waals surface area (Å²) in [7, 11) is 0.